The third-order valence-electron chi connectivity index (χ3n) is 3.27. The topological polar surface area (TPSA) is 109 Å². The molecular weight excluding hydrogens is 276 g/mol. The number of rotatable bonds is 4. The molecule has 1 unspecified atom stereocenters. The highest BCUT2D eigenvalue weighted by Crippen LogP contribution is 2.27. The first-order valence-electron chi connectivity index (χ1n) is 6.57. The SMILES string of the molecule is CCOC(=O)C1CCCN1c1ccc([N+](=O)[O-])c(C#N)n1. The van der Waals surface area contributed by atoms with E-state index in [4.69, 9.17) is 10.00 Å². The molecule has 0 amide bonds. The molecule has 0 aromatic carbocycles. The van der Waals surface area contributed by atoms with Crippen molar-refractivity contribution in [1.29, 1.82) is 5.26 Å². The van der Waals surface area contributed by atoms with Gasteiger partial charge in [-0.15, -0.1) is 0 Å². The van der Waals surface area contributed by atoms with Crippen LogP contribution in [-0.4, -0.2) is 35.1 Å². The molecule has 1 saturated heterocycles. The van der Waals surface area contributed by atoms with Crippen LogP contribution in [0.4, 0.5) is 11.5 Å². The van der Waals surface area contributed by atoms with Crippen molar-refractivity contribution in [3.05, 3.63) is 27.9 Å². The first-order chi connectivity index (χ1) is 10.1. The average Bonchev–Trinajstić information content (AvgIpc) is 2.96. The predicted octanol–water partition coefficient (Wildman–Crippen LogP) is 1.39. The molecule has 0 aliphatic carbocycles. The van der Waals surface area contributed by atoms with E-state index in [2.05, 4.69) is 4.98 Å². The molecule has 1 aliphatic heterocycles. The fraction of sp³-hybridized carbons (Fsp3) is 0.462. The molecule has 1 aliphatic rings. The number of anilines is 1. The predicted molar refractivity (Wildman–Crippen MR) is 72.6 cm³/mol. The van der Waals surface area contributed by atoms with Gasteiger partial charge in [-0.3, -0.25) is 10.1 Å². The molecule has 1 aromatic rings. The van der Waals surface area contributed by atoms with Gasteiger partial charge in [-0.2, -0.15) is 5.26 Å². The second-order valence-electron chi connectivity index (χ2n) is 4.51. The smallest absolute Gasteiger partial charge is 0.328 e. The Kier molecular flexibility index (Phi) is 4.33. The number of nitro groups is 1. The summed E-state index contributed by atoms with van der Waals surface area (Å²) >= 11 is 0. The van der Waals surface area contributed by atoms with Crippen molar-refractivity contribution in [3.8, 4) is 6.07 Å². The summed E-state index contributed by atoms with van der Waals surface area (Å²) in [6.45, 7) is 2.62. The van der Waals surface area contributed by atoms with Gasteiger partial charge in [-0.1, -0.05) is 0 Å². The Balaban J connectivity index is 2.31. The summed E-state index contributed by atoms with van der Waals surface area (Å²) in [7, 11) is 0. The van der Waals surface area contributed by atoms with Gasteiger partial charge in [-0.05, 0) is 25.8 Å². The Bertz CT molecular complexity index is 611. The highest BCUT2D eigenvalue weighted by atomic mass is 16.6. The van der Waals surface area contributed by atoms with Crippen molar-refractivity contribution in [2.75, 3.05) is 18.1 Å². The Morgan fingerprint density at radius 2 is 2.43 bits per heavy atom. The molecule has 2 rings (SSSR count). The summed E-state index contributed by atoms with van der Waals surface area (Å²) in [6.07, 6.45) is 1.43. The lowest BCUT2D eigenvalue weighted by Gasteiger charge is -2.23. The van der Waals surface area contributed by atoms with E-state index < -0.39 is 11.0 Å². The van der Waals surface area contributed by atoms with Crippen LogP contribution in [0.25, 0.3) is 0 Å². The van der Waals surface area contributed by atoms with Crippen LogP contribution >= 0.6 is 0 Å². The van der Waals surface area contributed by atoms with Gasteiger partial charge < -0.3 is 9.64 Å². The van der Waals surface area contributed by atoms with E-state index in [9.17, 15) is 14.9 Å². The van der Waals surface area contributed by atoms with Crippen molar-refractivity contribution < 1.29 is 14.5 Å². The molecule has 1 aromatic heterocycles. The molecule has 0 radical (unpaired) electrons. The number of hydrogen-bond donors (Lipinski definition) is 0. The van der Waals surface area contributed by atoms with Crippen LogP contribution in [0.15, 0.2) is 12.1 Å². The number of nitriles is 1. The maximum Gasteiger partial charge on any atom is 0.328 e. The molecule has 0 N–H and O–H groups in total. The fourth-order valence-electron chi connectivity index (χ4n) is 2.36. The van der Waals surface area contributed by atoms with Crippen LogP contribution in [0.2, 0.25) is 0 Å². The third kappa shape index (κ3) is 2.91. The van der Waals surface area contributed by atoms with Crippen LogP contribution in [0.1, 0.15) is 25.5 Å². The second kappa shape index (κ2) is 6.17. The van der Waals surface area contributed by atoms with Crippen molar-refractivity contribution >= 4 is 17.5 Å². The second-order valence-corrected chi connectivity index (χ2v) is 4.51. The molecular formula is C13H14N4O4. The van der Waals surface area contributed by atoms with Crippen LogP contribution in [0.3, 0.4) is 0 Å². The zero-order chi connectivity index (χ0) is 15.4. The monoisotopic (exact) mass is 290 g/mol. The summed E-state index contributed by atoms with van der Waals surface area (Å²) in [5.41, 5.74) is -0.597. The number of hydrogen-bond acceptors (Lipinski definition) is 7. The third-order valence-corrected chi connectivity index (χ3v) is 3.27. The van der Waals surface area contributed by atoms with Gasteiger partial charge in [0, 0.05) is 12.6 Å². The molecule has 0 spiro atoms. The molecule has 110 valence electrons. The van der Waals surface area contributed by atoms with Gasteiger partial charge in [0.15, 0.2) is 0 Å². The molecule has 8 nitrogen and oxygen atoms in total. The van der Waals surface area contributed by atoms with Gasteiger partial charge in [-0.25, -0.2) is 9.78 Å². The minimum absolute atomic E-state index is 0.257. The van der Waals surface area contributed by atoms with Crippen molar-refractivity contribution in [2.24, 2.45) is 0 Å². The van der Waals surface area contributed by atoms with Gasteiger partial charge in [0.25, 0.3) is 0 Å². The summed E-state index contributed by atoms with van der Waals surface area (Å²) in [6, 6.07) is 3.95. The Morgan fingerprint density at radius 1 is 1.67 bits per heavy atom. The highest BCUT2D eigenvalue weighted by Gasteiger charge is 2.33. The Labute approximate surface area is 121 Å². The number of pyridine rings is 1. The zero-order valence-electron chi connectivity index (χ0n) is 11.5. The number of carbonyl (C=O) groups excluding carboxylic acids is 1. The maximum atomic E-state index is 11.9. The minimum Gasteiger partial charge on any atom is -0.464 e. The molecule has 1 fully saturated rings. The Hall–Kier alpha value is -2.69. The number of aromatic nitrogens is 1. The number of nitrogens with zero attached hydrogens (tertiary/aromatic N) is 4. The average molecular weight is 290 g/mol. The van der Waals surface area contributed by atoms with E-state index in [1.165, 1.54) is 12.1 Å². The lowest BCUT2D eigenvalue weighted by atomic mass is 10.2. The highest BCUT2D eigenvalue weighted by molar-refractivity contribution is 5.80. The first-order valence-corrected chi connectivity index (χ1v) is 6.57. The number of carbonyl (C=O) groups is 1. The maximum absolute atomic E-state index is 11.9. The zero-order valence-corrected chi connectivity index (χ0v) is 11.5. The van der Waals surface area contributed by atoms with E-state index in [0.29, 0.717) is 25.4 Å². The molecule has 21 heavy (non-hydrogen) atoms. The summed E-state index contributed by atoms with van der Waals surface area (Å²) in [4.78, 5) is 27.8. The molecule has 8 heteroatoms. The van der Waals surface area contributed by atoms with E-state index >= 15 is 0 Å². The Morgan fingerprint density at radius 3 is 3.05 bits per heavy atom. The fourth-order valence-corrected chi connectivity index (χ4v) is 2.36. The summed E-state index contributed by atoms with van der Waals surface area (Å²) < 4.78 is 5.01. The van der Waals surface area contributed by atoms with Gasteiger partial charge >= 0.3 is 11.7 Å². The quantitative estimate of drug-likeness (QED) is 0.468. The normalized spacial score (nSPS) is 17.3. The lowest BCUT2D eigenvalue weighted by molar-refractivity contribution is -0.385. The largest absolute Gasteiger partial charge is 0.464 e. The van der Waals surface area contributed by atoms with Crippen LogP contribution < -0.4 is 4.90 Å². The summed E-state index contributed by atoms with van der Waals surface area (Å²) in [5, 5.41) is 19.8. The van der Waals surface area contributed by atoms with E-state index in [1.54, 1.807) is 17.9 Å². The first kappa shape index (κ1) is 14.7. The number of esters is 1. The van der Waals surface area contributed by atoms with Gasteiger partial charge in [0.05, 0.1) is 11.5 Å². The van der Waals surface area contributed by atoms with Gasteiger partial charge in [0.1, 0.15) is 17.9 Å². The standard InChI is InChI=1S/C13H14N4O4/c1-2-21-13(18)11-4-3-7-16(11)12-6-5-10(17(19)20)9(8-14)15-12/h5-6,11H,2-4,7H2,1H3. The van der Waals surface area contributed by atoms with Crippen molar-refractivity contribution in [1.82, 2.24) is 4.98 Å². The van der Waals surface area contributed by atoms with Crippen LogP contribution in [-0.2, 0) is 9.53 Å². The van der Waals surface area contributed by atoms with E-state index in [0.717, 1.165) is 6.42 Å². The van der Waals surface area contributed by atoms with Gasteiger partial charge in [0.2, 0.25) is 5.69 Å². The van der Waals surface area contributed by atoms with Crippen LogP contribution in [0, 0.1) is 21.4 Å². The summed E-state index contributed by atoms with van der Waals surface area (Å²) in [5.74, 6) is 0.0429. The lowest BCUT2D eigenvalue weighted by Crippen LogP contribution is -2.37. The molecule has 1 atom stereocenters. The molecule has 0 saturated carbocycles. The van der Waals surface area contributed by atoms with E-state index in [1.807, 2.05) is 0 Å². The molecule has 2 heterocycles. The molecule has 0 bridgehead atoms. The number of ether oxygens (including phenoxy) is 1. The van der Waals surface area contributed by atoms with Crippen molar-refractivity contribution in [3.63, 3.8) is 0 Å². The van der Waals surface area contributed by atoms with E-state index in [-0.39, 0.29) is 17.4 Å². The van der Waals surface area contributed by atoms with Crippen LogP contribution in [0.5, 0.6) is 0 Å². The minimum atomic E-state index is -0.651. The van der Waals surface area contributed by atoms with Crippen molar-refractivity contribution in [2.45, 2.75) is 25.8 Å².